The van der Waals surface area contributed by atoms with Crippen LogP contribution in [0.25, 0.3) is 0 Å². The maximum atomic E-state index is 13.6. The van der Waals surface area contributed by atoms with E-state index < -0.39 is 0 Å². The molecule has 0 aliphatic carbocycles. The van der Waals surface area contributed by atoms with Gasteiger partial charge in [0, 0.05) is 10.6 Å². The first-order chi connectivity index (χ1) is 7.83. The first kappa shape index (κ1) is 14.4. The predicted octanol–water partition coefficient (Wildman–Crippen LogP) is 3.05. The molecule has 1 rings (SSSR count). The van der Waals surface area contributed by atoms with Crippen LogP contribution in [0.5, 0.6) is 0 Å². The van der Waals surface area contributed by atoms with E-state index in [9.17, 15) is 4.39 Å². The molecule has 0 saturated heterocycles. The molecule has 1 aromatic carbocycles. The zero-order valence-corrected chi connectivity index (χ0v) is 11.7. The highest BCUT2D eigenvalue weighted by Gasteiger charge is 2.29. The molecule has 1 aromatic rings. The van der Waals surface area contributed by atoms with Gasteiger partial charge in [-0.1, -0.05) is 11.6 Å². The molecule has 2 N–H and O–H groups in total. The first-order valence-electron chi connectivity index (χ1n) is 5.65. The summed E-state index contributed by atoms with van der Waals surface area (Å²) in [6, 6.07) is 3.12. The second-order valence-corrected chi connectivity index (χ2v) is 5.22. The van der Waals surface area contributed by atoms with E-state index in [0.29, 0.717) is 10.6 Å². The van der Waals surface area contributed by atoms with Crippen molar-refractivity contribution in [1.82, 2.24) is 10.6 Å². The summed E-state index contributed by atoms with van der Waals surface area (Å²) in [5.41, 5.74) is 1.12. The molecule has 0 aliphatic heterocycles. The van der Waals surface area contributed by atoms with Gasteiger partial charge in [0.1, 0.15) is 5.82 Å². The van der Waals surface area contributed by atoms with E-state index in [1.807, 2.05) is 27.9 Å². The number of benzene rings is 1. The minimum atomic E-state index is -0.225. The lowest BCUT2D eigenvalue weighted by molar-refractivity contribution is 0.310. The molecule has 0 aliphatic rings. The number of hydrogen-bond donors (Lipinski definition) is 2. The molecule has 0 heterocycles. The molecule has 1 atom stereocenters. The van der Waals surface area contributed by atoms with E-state index in [0.717, 1.165) is 5.56 Å². The van der Waals surface area contributed by atoms with Crippen LogP contribution < -0.4 is 10.6 Å². The molecule has 2 nitrogen and oxygen atoms in total. The Balaban J connectivity index is 3.26. The average molecular weight is 259 g/mol. The minimum Gasteiger partial charge on any atom is -0.313 e. The van der Waals surface area contributed by atoms with E-state index in [2.05, 4.69) is 10.6 Å². The van der Waals surface area contributed by atoms with Crippen LogP contribution in [0.2, 0.25) is 5.02 Å². The quantitative estimate of drug-likeness (QED) is 0.868. The number of halogens is 2. The number of likely N-dealkylation sites (N-methyl/N-ethyl adjacent to an activating group) is 2. The van der Waals surface area contributed by atoms with Crippen LogP contribution in [-0.2, 0) is 0 Å². The molecule has 0 amide bonds. The highest BCUT2D eigenvalue weighted by molar-refractivity contribution is 6.31. The Hall–Kier alpha value is -0.640. The lowest BCUT2D eigenvalue weighted by Crippen LogP contribution is -2.47. The molecule has 0 aromatic heterocycles. The molecule has 0 radical (unpaired) electrons. The van der Waals surface area contributed by atoms with Gasteiger partial charge in [-0.15, -0.1) is 0 Å². The van der Waals surface area contributed by atoms with Crippen LogP contribution in [0.4, 0.5) is 4.39 Å². The summed E-state index contributed by atoms with van der Waals surface area (Å²) in [5.74, 6) is -0.225. The van der Waals surface area contributed by atoms with Crippen LogP contribution in [-0.4, -0.2) is 19.6 Å². The average Bonchev–Trinajstić information content (AvgIpc) is 2.26. The van der Waals surface area contributed by atoms with Crippen LogP contribution in [0.15, 0.2) is 12.1 Å². The van der Waals surface area contributed by atoms with Gasteiger partial charge >= 0.3 is 0 Å². The Kier molecular flexibility index (Phi) is 4.53. The fourth-order valence-electron chi connectivity index (χ4n) is 1.93. The third-order valence-corrected chi connectivity index (χ3v) is 3.57. The molecule has 0 saturated carbocycles. The van der Waals surface area contributed by atoms with Crippen molar-refractivity contribution >= 4 is 11.6 Å². The van der Waals surface area contributed by atoms with Crippen LogP contribution >= 0.6 is 11.6 Å². The smallest absolute Gasteiger partial charge is 0.126 e. The highest BCUT2D eigenvalue weighted by Crippen LogP contribution is 2.32. The monoisotopic (exact) mass is 258 g/mol. The van der Waals surface area contributed by atoms with Gasteiger partial charge in [-0.05, 0) is 58.1 Å². The second kappa shape index (κ2) is 5.34. The van der Waals surface area contributed by atoms with Gasteiger partial charge in [-0.25, -0.2) is 4.39 Å². The van der Waals surface area contributed by atoms with Crippen molar-refractivity contribution in [2.24, 2.45) is 0 Å². The topological polar surface area (TPSA) is 24.1 Å². The molecule has 4 heteroatoms. The molecule has 0 fully saturated rings. The zero-order chi connectivity index (χ0) is 13.2. The fraction of sp³-hybridized carbons (Fsp3) is 0.538. The maximum absolute atomic E-state index is 13.6. The molecular formula is C13H20ClFN2. The Morgan fingerprint density at radius 1 is 1.29 bits per heavy atom. The van der Waals surface area contributed by atoms with Gasteiger partial charge in [-0.3, -0.25) is 0 Å². The second-order valence-electron chi connectivity index (χ2n) is 4.82. The van der Waals surface area contributed by atoms with Crippen molar-refractivity contribution in [3.05, 3.63) is 34.1 Å². The van der Waals surface area contributed by atoms with Gasteiger partial charge in [0.15, 0.2) is 0 Å². The predicted molar refractivity (Wildman–Crippen MR) is 71.1 cm³/mol. The van der Waals surface area contributed by atoms with Gasteiger partial charge < -0.3 is 10.6 Å². The summed E-state index contributed by atoms with van der Waals surface area (Å²) in [5, 5.41) is 6.98. The van der Waals surface area contributed by atoms with E-state index in [1.165, 1.54) is 6.07 Å². The first-order valence-corrected chi connectivity index (χ1v) is 6.03. The summed E-state index contributed by atoms with van der Waals surface area (Å²) in [7, 11) is 3.72. The normalized spacial score (nSPS) is 13.8. The third kappa shape index (κ3) is 2.97. The van der Waals surface area contributed by atoms with Crippen molar-refractivity contribution in [3.8, 4) is 0 Å². The Labute approximate surface area is 108 Å². The lowest BCUT2D eigenvalue weighted by Gasteiger charge is -2.35. The van der Waals surface area contributed by atoms with E-state index >= 15 is 0 Å². The number of hydrogen-bond acceptors (Lipinski definition) is 2. The summed E-state index contributed by atoms with van der Waals surface area (Å²) in [6.07, 6.45) is 0. The minimum absolute atomic E-state index is 0.0601. The Bertz CT molecular complexity index is 405. The van der Waals surface area contributed by atoms with Crippen molar-refractivity contribution in [1.29, 1.82) is 0 Å². The lowest BCUT2D eigenvalue weighted by atomic mass is 9.88. The van der Waals surface area contributed by atoms with Gasteiger partial charge in [0.05, 0.1) is 6.04 Å². The number of aryl methyl sites for hydroxylation is 1. The van der Waals surface area contributed by atoms with E-state index in [4.69, 9.17) is 11.6 Å². The third-order valence-electron chi connectivity index (χ3n) is 3.24. The SMILES string of the molecule is CNC(c1cc(F)c(C)cc1Cl)C(C)(C)NC. The van der Waals surface area contributed by atoms with Gasteiger partial charge in [0.2, 0.25) is 0 Å². The molecule has 1 unspecified atom stereocenters. The van der Waals surface area contributed by atoms with Crippen LogP contribution in [0.1, 0.15) is 31.0 Å². The summed E-state index contributed by atoms with van der Waals surface area (Å²) in [6.45, 7) is 5.80. The molecule has 0 bridgehead atoms. The molecular weight excluding hydrogens is 239 g/mol. The number of nitrogens with one attached hydrogen (secondary N) is 2. The van der Waals surface area contributed by atoms with E-state index in [1.54, 1.807) is 13.0 Å². The van der Waals surface area contributed by atoms with Gasteiger partial charge in [-0.2, -0.15) is 0 Å². The van der Waals surface area contributed by atoms with Crippen molar-refractivity contribution in [2.75, 3.05) is 14.1 Å². The standard InChI is InChI=1S/C13H20ClFN2/c1-8-6-10(14)9(7-11(8)15)12(16-4)13(2,3)17-5/h6-7,12,16-17H,1-5H3. The number of rotatable bonds is 4. The zero-order valence-electron chi connectivity index (χ0n) is 11.0. The molecule has 0 spiro atoms. The van der Waals surface area contributed by atoms with Crippen LogP contribution in [0.3, 0.4) is 0 Å². The van der Waals surface area contributed by atoms with E-state index in [-0.39, 0.29) is 17.4 Å². The van der Waals surface area contributed by atoms with Crippen molar-refractivity contribution < 1.29 is 4.39 Å². The largest absolute Gasteiger partial charge is 0.313 e. The summed E-state index contributed by atoms with van der Waals surface area (Å²) < 4.78 is 13.6. The van der Waals surface area contributed by atoms with Crippen molar-refractivity contribution in [2.45, 2.75) is 32.4 Å². The Morgan fingerprint density at radius 2 is 1.88 bits per heavy atom. The van der Waals surface area contributed by atoms with Crippen molar-refractivity contribution in [3.63, 3.8) is 0 Å². The fourth-order valence-corrected chi connectivity index (χ4v) is 2.26. The molecule has 17 heavy (non-hydrogen) atoms. The Morgan fingerprint density at radius 3 is 2.35 bits per heavy atom. The maximum Gasteiger partial charge on any atom is 0.126 e. The highest BCUT2D eigenvalue weighted by atomic mass is 35.5. The summed E-state index contributed by atoms with van der Waals surface area (Å²) in [4.78, 5) is 0. The van der Waals surface area contributed by atoms with Gasteiger partial charge in [0.25, 0.3) is 0 Å². The molecule has 96 valence electrons. The summed E-state index contributed by atoms with van der Waals surface area (Å²) >= 11 is 6.20. The van der Waals surface area contributed by atoms with Crippen LogP contribution in [0, 0.1) is 12.7 Å².